The van der Waals surface area contributed by atoms with Crippen molar-refractivity contribution in [2.75, 3.05) is 0 Å². The van der Waals surface area contributed by atoms with E-state index in [1.165, 1.54) is 0 Å². The highest BCUT2D eigenvalue weighted by Gasteiger charge is 2.57. The molecule has 0 aromatic rings. The van der Waals surface area contributed by atoms with Gasteiger partial charge in [0.05, 0.1) is 0 Å². The van der Waals surface area contributed by atoms with E-state index in [4.69, 9.17) is 5.11 Å². The fourth-order valence-electron chi connectivity index (χ4n) is 1.01. The van der Waals surface area contributed by atoms with Crippen LogP contribution in [-0.4, -0.2) is 22.8 Å². The van der Waals surface area contributed by atoms with Crippen LogP contribution in [0.1, 0.15) is 19.3 Å². The first-order valence-corrected chi connectivity index (χ1v) is 3.53. The summed E-state index contributed by atoms with van der Waals surface area (Å²) in [5, 5.41) is 8.14. The Labute approximate surface area is 67.4 Å². The second-order valence-electron chi connectivity index (χ2n) is 2.98. The van der Waals surface area contributed by atoms with E-state index in [0.717, 1.165) is 0 Å². The molecule has 12 heavy (non-hydrogen) atoms. The maximum absolute atomic E-state index is 12.2. The molecule has 3 nitrogen and oxygen atoms in total. The third kappa shape index (κ3) is 2.25. The zero-order valence-corrected chi connectivity index (χ0v) is 6.22. The van der Waals surface area contributed by atoms with Crippen molar-refractivity contribution in [1.29, 1.82) is 0 Å². The minimum Gasteiger partial charge on any atom is -0.481 e. The fourth-order valence-corrected chi connectivity index (χ4v) is 1.01. The fraction of sp³-hybridized carbons (Fsp3) is 0.714. The Morgan fingerprint density at radius 1 is 1.50 bits per heavy atom. The summed E-state index contributed by atoms with van der Waals surface area (Å²) in [6.45, 7) is 0. The van der Waals surface area contributed by atoms with Gasteiger partial charge in [0.1, 0.15) is 12.2 Å². The minimum absolute atomic E-state index is 0.279. The van der Waals surface area contributed by atoms with E-state index < -0.39 is 30.0 Å². The average Bonchev–Trinajstić information content (AvgIpc) is 2.35. The number of rotatable bonds is 4. The minimum atomic E-state index is -2.73. The molecule has 1 aliphatic carbocycles. The van der Waals surface area contributed by atoms with Crippen molar-refractivity contribution < 1.29 is 23.5 Å². The van der Waals surface area contributed by atoms with Gasteiger partial charge in [0.2, 0.25) is 0 Å². The zero-order chi connectivity index (χ0) is 9.35. The van der Waals surface area contributed by atoms with Gasteiger partial charge in [-0.2, -0.15) is 0 Å². The summed E-state index contributed by atoms with van der Waals surface area (Å²) < 4.78 is 24.4. The number of aliphatic carboxylic acids is 1. The Balaban J connectivity index is 2.25. The number of carboxylic acid groups (broad SMARTS) is 1. The molecule has 0 saturated heterocycles. The van der Waals surface area contributed by atoms with Crippen LogP contribution in [0.2, 0.25) is 0 Å². The molecule has 1 aliphatic rings. The molecule has 0 aromatic heterocycles. The molecule has 0 aliphatic heterocycles. The van der Waals surface area contributed by atoms with Crippen molar-refractivity contribution in [3.63, 3.8) is 0 Å². The van der Waals surface area contributed by atoms with Crippen LogP contribution in [0.15, 0.2) is 0 Å². The van der Waals surface area contributed by atoms with Crippen molar-refractivity contribution in [3.05, 3.63) is 0 Å². The van der Waals surface area contributed by atoms with Crippen LogP contribution in [0.4, 0.5) is 8.78 Å². The summed E-state index contributed by atoms with van der Waals surface area (Å²) in [6.07, 6.45) is -1.23. The summed E-state index contributed by atoms with van der Waals surface area (Å²) in [5.41, 5.74) is 0. The van der Waals surface area contributed by atoms with Gasteiger partial charge in [-0.15, -0.1) is 0 Å². The van der Waals surface area contributed by atoms with Crippen LogP contribution in [-0.2, 0) is 9.59 Å². The number of Topliss-reactive ketones (excluding diaryl/α,β-unsaturated/α-hetero) is 1. The number of hydrogen-bond acceptors (Lipinski definition) is 2. The monoisotopic (exact) mass is 178 g/mol. The second-order valence-corrected chi connectivity index (χ2v) is 2.98. The summed E-state index contributed by atoms with van der Waals surface area (Å²) >= 11 is 0. The van der Waals surface area contributed by atoms with Gasteiger partial charge < -0.3 is 5.11 Å². The topological polar surface area (TPSA) is 54.4 Å². The Morgan fingerprint density at radius 3 is 2.33 bits per heavy atom. The molecule has 5 heteroatoms. The lowest BCUT2D eigenvalue weighted by atomic mass is 10.1. The van der Waals surface area contributed by atoms with Crippen LogP contribution >= 0.6 is 0 Å². The van der Waals surface area contributed by atoms with Gasteiger partial charge >= 0.3 is 5.97 Å². The van der Waals surface area contributed by atoms with Crippen LogP contribution in [0.25, 0.3) is 0 Å². The molecule has 0 aromatic carbocycles. The molecule has 0 bridgehead atoms. The van der Waals surface area contributed by atoms with Gasteiger partial charge in [-0.1, -0.05) is 0 Å². The number of hydrogen-bond donors (Lipinski definition) is 1. The van der Waals surface area contributed by atoms with E-state index >= 15 is 0 Å². The lowest BCUT2D eigenvalue weighted by Crippen LogP contribution is -2.09. The number of carbonyl (C=O) groups excluding carboxylic acids is 1. The molecule has 0 amide bonds. The van der Waals surface area contributed by atoms with Crippen molar-refractivity contribution in [3.8, 4) is 0 Å². The SMILES string of the molecule is O=C(O)CC(=O)CC1CC1(F)F. The average molecular weight is 178 g/mol. The molecule has 1 fully saturated rings. The first-order valence-electron chi connectivity index (χ1n) is 3.53. The highest BCUT2D eigenvalue weighted by Crippen LogP contribution is 2.50. The zero-order valence-electron chi connectivity index (χ0n) is 6.22. The van der Waals surface area contributed by atoms with Crippen LogP contribution < -0.4 is 0 Å². The van der Waals surface area contributed by atoms with Gasteiger partial charge in [-0.05, 0) is 0 Å². The number of carboxylic acids is 1. The molecule has 1 atom stereocenters. The number of carbonyl (C=O) groups is 2. The highest BCUT2D eigenvalue weighted by molar-refractivity contribution is 5.94. The number of halogens is 2. The van der Waals surface area contributed by atoms with E-state index in [0.29, 0.717) is 0 Å². The Kier molecular flexibility index (Phi) is 2.12. The molecule has 0 radical (unpaired) electrons. The molecule has 0 heterocycles. The summed E-state index contributed by atoms with van der Waals surface area (Å²) in [5.74, 6) is -5.52. The quantitative estimate of drug-likeness (QED) is 0.655. The molecule has 1 N–H and O–H groups in total. The molecule has 1 saturated carbocycles. The largest absolute Gasteiger partial charge is 0.481 e. The van der Waals surface area contributed by atoms with Gasteiger partial charge in [-0.25, -0.2) is 8.78 Å². The summed E-state index contributed by atoms with van der Waals surface area (Å²) in [4.78, 5) is 20.6. The van der Waals surface area contributed by atoms with E-state index in [1.807, 2.05) is 0 Å². The van der Waals surface area contributed by atoms with Crippen molar-refractivity contribution in [2.24, 2.45) is 5.92 Å². The van der Waals surface area contributed by atoms with Gasteiger partial charge in [0.15, 0.2) is 0 Å². The van der Waals surface area contributed by atoms with E-state index in [1.54, 1.807) is 0 Å². The molecule has 68 valence electrons. The lowest BCUT2D eigenvalue weighted by molar-refractivity contribution is -0.140. The van der Waals surface area contributed by atoms with Crippen LogP contribution in [0, 0.1) is 5.92 Å². The number of ketones is 1. The Hall–Kier alpha value is -1.00. The van der Waals surface area contributed by atoms with Crippen molar-refractivity contribution in [1.82, 2.24) is 0 Å². The molecular weight excluding hydrogens is 170 g/mol. The Morgan fingerprint density at radius 2 is 2.00 bits per heavy atom. The Bertz CT molecular complexity index is 225. The van der Waals surface area contributed by atoms with E-state index in [2.05, 4.69) is 0 Å². The molecule has 0 spiro atoms. The predicted molar refractivity (Wildman–Crippen MR) is 34.9 cm³/mol. The highest BCUT2D eigenvalue weighted by atomic mass is 19.3. The second kappa shape index (κ2) is 2.80. The summed E-state index contributed by atoms with van der Waals surface area (Å²) in [7, 11) is 0. The van der Waals surface area contributed by atoms with Crippen molar-refractivity contribution >= 4 is 11.8 Å². The van der Waals surface area contributed by atoms with Gasteiger partial charge in [0, 0.05) is 18.8 Å². The van der Waals surface area contributed by atoms with Crippen LogP contribution in [0.5, 0.6) is 0 Å². The smallest absolute Gasteiger partial charge is 0.310 e. The molecule has 1 unspecified atom stereocenters. The predicted octanol–water partition coefficient (Wildman–Crippen LogP) is 1.08. The summed E-state index contributed by atoms with van der Waals surface area (Å²) in [6, 6.07) is 0. The lowest BCUT2D eigenvalue weighted by Gasteiger charge is -1.95. The van der Waals surface area contributed by atoms with Crippen LogP contribution in [0.3, 0.4) is 0 Å². The van der Waals surface area contributed by atoms with Crippen molar-refractivity contribution in [2.45, 2.75) is 25.2 Å². The van der Waals surface area contributed by atoms with E-state index in [-0.39, 0.29) is 12.8 Å². The van der Waals surface area contributed by atoms with E-state index in [9.17, 15) is 18.4 Å². The molecular formula is C7H8F2O3. The normalized spacial score (nSPS) is 25.0. The number of alkyl halides is 2. The molecule has 1 rings (SSSR count). The maximum Gasteiger partial charge on any atom is 0.310 e. The first-order chi connectivity index (χ1) is 5.42. The third-order valence-electron chi connectivity index (χ3n) is 1.78. The first kappa shape index (κ1) is 9.09. The standard InChI is InChI=1S/C7H8F2O3/c8-7(9)3-4(7)1-5(10)2-6(11)12/h4H,1-3H2,(H,11,12). The van der Waals surface area contributed by atoms with Gasteiger partial charge in [0.25, 0.3) is 5.92 Å². The third-order valence-corrected chi connectivity index (χ3v) is 1.78. The van der Waals surface area contributed by atoms with Gasteiger partial charge in [-0.3, -0.25) is 9.59 Å². The maximum atomic E-state index is 12.2.